The fourth-order valence-electron chi connectivity index (χ4n) is 2.13. The van der Waals surface area contributed by atoms with Gasteiger partial charge in [-0.1, -0.05) is 30.3 Å². The number of hydrogen-bond donors (Lipinski definition) is 1. The Morgan fingerprint density at radius 2 is 1.90 bits per heavy atom. The number of ether oxygens (including phenoxy) is 1. The van der Waals surface area contributed by atoms with Crippen molar-refractivity contribution in [2.45, 2.75) is 33.3 Å². The summed E-state index contributed by atoms with van der Waals surface area (Å²) < 4.78 is 5.70. The van der Waals surface area contributed by atoms with E-state index in [-0.39, 0.29) is 0 Å². The van der Waals surface area contributed by atoms with Gasteiger partial charge in [0, 0.05) is 18.5 Å². The first-order chi connectivity index (χ1) is 9.68. The average Bonchev–Trinajstić information content (AvgIpc) is 2.48. The first-order valence-electron chi connectivity index (χ1n) is 7.00. The smallest absolute Gasteiger partial charge is 0.0891 e. The van der Waals surface area contributed by atoms with E-state index < -0.39 is 0 Å². The van der Waals surface area contributed by atoms with Crippen LogP contribution in [-0.4, -0.2) is 11.6 Å². The van der Waals surface area contributed by atoms with Crippen molar-refractivity contribution in [3.05, 3.63) is 58.9 Å². The number of aryl methyl sites for hydroxylation is 2. The van der Waals surface area contributed by atoms with Crippen LogP contribution < -0.4 is 5.73 Å². The third kappa shape index (κ3) is 3.81. The Hall–Kier alpha value is -1.87. The molecule has 2 N–H and O–H groups in total. The maximum absolute atomic E-state index is 5.99. The summed E-state index contributed by atoms with van der Waals surface area (Å²) in [6, 6.07) is 10.5. The number of nitrogens with zero attached hydrogens (tertiary/aromatic N) is 1. The van der Waals surface area contributed by atoms with Gasteiger partial charge in [0.15, 0.2) is 0 Å². The lowest BCUT2D eigenvalue weighted by molar-refractivity contribution is 0.116. The van der Waals surface area contributed by atoms with Gasteiger partial charge in [-0.05, 0) is 43.4 Å². The highest BCUT2D eigenvalue weighted by Crippen LogP contribution is 2.18. The van der Waals surface area contributed by atoms with Crippen LogP contribution in [-0.2, 0) is 17.8 Å². The summed E-state index contributed by atoms with van der Waals surface area (Å²) in [4.78, 5) is 4.39. The zero-order valence-electron chi connectivity index (χ0n) is 12.2. The van der Waals surface area contributed by atoms with Crippen molar-refractivity contribution in [3.8, 4) is 0 Å². The largest absolute Gasteiger partial charge is 0.398 e. The monoisotopic (exact) mass is 270 g/mol. The maximum atomic E-state index is 5.99. The molecule has 1 aromatic carbocycles. The molecule has 20 heavy (non-hydrogen) atoms. The molecule has 3 heteroatoms. The summed E-state index contributed by atoms with van der Waals surface area (Å²) in [6.07, 6.45) is 3.87. The van der Waals surface area contributed by atoms with Crippen LogP contribution in [0.1, 0.15) is 28.8 Å². The molecular weight excluding hydrogens is 248 g/mol. The van der Waals surface area contributed by atoms with Crippen LogP contribution in [0.2, 0.25) is 0 Å². The second-order valence-electron chi connectivity index (χ2n) is 5.07. The van der Waals surface area contributed by atoms with Crippen molar-refractivity contribution in [1.29, 1.82) is 0 Å². The Kier molecular flexibility index (Phi) is 5.13. The van der Waals surface area contributed by atoms with Crippen LogP contribution in [0.4, 0.5) is 5.69 Å². The lowest BCUT2D eigenvalue weighted by atomic mass is 10.1. The van der Waals surface area contributed by atoms with E-state index in [9.17, 15) is 0 Å². The molecule has 0 aliphatic carbocycles. The molecule has 0 aliphatic rings. The van der Waals surface area contributed by atoms with Crippen LogP contribution in [0.3, 0.4) is 0 Å². The minimum absolute atomic E-state index is 0.533. The second kappa shape index (κ2) is 7.06. The van der Waals surface area contributed by atoms with Crippen molar-refractivity contribution >= 4 is 5.69 Å². The average molecular weight is 270 g/mol. The van der Waals surface area contributed by atoms with Crippen LogP contribution in [0.25, 0.3) is 0 Å². The zero-order chi connectivity index (χ0) is 14.4. The number of nitrogen functional groups attached to an aromatic ring is 1. The molecule has 0 radical (unpaired) electrons. The Labute approximate surface area is 120 Å². The van der Waals surface area contributed by atoms with E-state index in [1.807, 2.05) is 26.1 Å². The van der Waals surface area contributed by atoms with Gasteiger partial charge in [0.1, 0.15) is 0 Å². The van der Waals surface area contributed by atoms with E-state index in [0.717, 1.165) is 42.0 Å². The topological polar surface area (TPSA) is 48.1 Å². The third-order valence-corrected chi connectivity index (χ3v) is 3.51. The van der Waals surface area contributed by atoms with Crippen LogP contribution in [0.5, 0.6) is 0 Å². The minimum atomic E-state index is 0.533. The fraction of sp³-hybridized carbons (Fsp3) is 0.353. The number of rotatable bonds is 6. The highest BCUT2D eigenvalue weighted by molar-refractivity contribution is 5.53. The number of aromatic nitrogens is 1. The molecule has 0 fully saturated rings. The van der Waals surface area contributed by atoms with E-state index in [0.29, 0.717) is 6.61 Å². The Morgan fingerprint density at radius 1 is 1.15 bits per heavy atom. The number of anilines is 1. The van der Waals surface area contributed by atoms with Gasteiger partial charge in [-0.25, -0.2) is 0 Å². The molecule has 0 saturated heterocycles. The molecule has 0 aliphatic heterocycles. The van der Waals surface area contributed by atoms with Gasteiger partial charge in [-0.15, -0.1) is 0 Å². The van der Waals surface area contributed by atoms with Crippen molar-refractivity contribution < 1.29 is 4.74 Å². The van der Waals surface area contributed by atoms with Crippen molar-refractivity contribution in [3.63, 3.8) is 0 Å². The minimum Gasteiger partial charge on any atom is -0.398 e. The van der Waals surface area contributed by atoms with E-state index in [4.69, 9.17) is 10.5 Å². The number of hydrogen-bond acceptors (Lipinski definition) is 3. The third-order valence-electron chi connectivity index (χ3n) is 3.51. The van der Waals surface area contributed by atoms with Gasteiger partial charge in [-0.3, -0.25) is 4.98 Å². The summed E-state index contributed by atoms with van der Waals surface area (Å²) in [5, 5.41) is 0. The summed E-state index contributed by atoms with van der Waals surface area (Å²) in [5.41, 5.74) is 11.2. The molecule has 0 saturated carbocycles. The predicted octanol–water partition coefficient (Wildman–Crippen LogP) is 3.43. The summed E-state index contributed by atoms with van der Waals surface area (Å²) in [7, 11) is 0. The number of nitrogens with two attached hydrogens (primary N) is 1. The summed E-state index contributed by atoms with van der Waals surface area (Å²) in [6.45, 7) is 5.24. The zero-order valence-corrected chi connectivity index (χ0v) is 12.2. The summed E-state index contributed by atoms with van der Waals surface area (Å²) >= 11 is 0. The lowest BCUT2D eigenvalue weighted by Crippen LogP contribution is -2.05. The Morgan fingerprint density at radius 3 is 2.65 bits per heavy atom. The van der Waals surface area contributed by atoms with E-state index >= 15 is 0 Å². The van der Waals surface area contributed by atoms with Gasteiger partial charge in [0.2, 0.25) is 0 Å². The summed E-state index contributed by atoms with van der Waals surface area (Å²) in [5.74, 6) is 0. The van der Waals surface area contributed by atoms with Gasteiger partial charge in [0.25, 0.3) is 0 Å². The molecule has 1 aromatic heterocycles. The molecule has 1 heterocycles. The highest BCUT2D eigenvalue weighted by Gasteiger charge is 2.05. The fourth-order valence-corrected chi connectivity index (χ4v) is 2.13. The maximum Gasteiger partial charge on any atom is 0.0891 e. The quantitative estimate of drug-likeness (QED) is 0.818. The first-order valence-corrected chi connectivity index (χ1v) is 7.00. The van der Waals surface area contributed by atoms with Crippen LogP contribution in [0, 0.1) is 13.8 Å². The predicted molar refractivity (Wildman–Crippen MR) is 82.5 cm³/mol. The molecule has 0 unspecified atom stereocenters. The van der Waals surface area contributed by atoms with E-state index in [2.05, 4.69) is 29.2 Å². The van der Waals surface area contributed by atoms with Crippen molar-refractivity contribution in [2.24, 2.45) is 0 Å². The van der Waals surface area contributed by atoms with E-state index in [1.165, 1.54) is 5.56 Å². The molecule has 0 bridgehead atoms. The Balaban J connectivity index is 1.75. The molecular formula is C17H22N2O. The van der Waals surface area contributed by atoms with Crippen molar-refractivity contribution in [1.82, 2.24) is 4.98 Å². The van der Waals surface area contributed by atoms with Crippen LogP contribution >= 0.6 is 0 Å². The van der Waals surface area contributed by atoms with Gasteiger partial charge in [-0.2, -0.15) is 0 Å². The van der Waals surface area contributed by atoms with Crippen molar-refractivity contribution in [2.75, 3.05) is 12.3 Å². The first kappa shape index (κ1) is 14.5. The van der Waals surface area contributed by atoms with Gasteiger partial charge >= 0.3 is 0 Å². The molecule has 3 nitrogen and oxygen atoms in total. The van der Waals surface area contributed by atoms with Crippen LogP contribution in [0.15, 0.2) is 36.5 Å². The lowest BCUT2D eigenvalue weighted by Gasteiger charge is -2.10. The highest BCUT2D eigenvalue weighted by atomic mass is 16.5. The molecule has 106 valence electrons. The normalized spacial score (nSPS) is 10.7. The van der Waals surface area contributed by atoms with E-state index in [1.54, 1.807) is 0 Å². The SMILES string of the molecule is Cc1cnc(COCCCc2ccccc2)c(C)c1N. The van der Waals surface area contributed by atoms with Gasteiger partial charge < -0.3 is 10.5 Å². The molecule has 2 aromatic rings. The standard InChI is InChI=1S/C17H22N2O/c1-13-11-19-16(14(2)17(13)18)12-20-10-6-9-15-7-4-3-5-8-15/h3-5,7-8,11H,6,9-10,12H2,1-2H3,(H2,18,19). The second-order valence-corrected chi connectivity index (χ2v) is 5.07. The molecule has 0 amide bonds. The molecule has 2 rings (SSSR count). The Bertz CT molecular complexity index is 552. The number of benzene rings is 1. The van der Waals surface area contributed by atoms with Gasteiger partial charge in [0.05, 0.1) is 12.3 Å². The molecule has 0 spiro atoms. The molecule has 0 atom stereocenters. The number of pyridine rings is 1.